The van der Waals surface area contributed by atoms with Gasteiger partial charge in [0.25, 0.3) is 0 Å². The number of rotatable bonds is 11. The molecule has 2 aromatic rings. The lowest BCUT2D eigenvalue weighted by Gasteiger charge is -2.31. The van der Waals surface area contributed by atoms with E-state index in [0.717, 1.165) is 28.1 Å². The van der Waals surface area contributed by atoms with Gasteiger partial charge in [0.2, 0.25) is 21.8 Å². The van der Waals surface area contributed by atoms with E-state index in [2.05, 4.69) is 5.32 Å². The number of sulfonamides is 1. The van der Waals surface area contributed by atoms with E-state index in [1.165, 1.54) is 4.90 Å². The molecule has 7 nitrogen and oxygen atoms in total. The van der Waals surface area contributed by atoms with Crippen LogP contribution in [0.5, 0.6) is 0 Å². The van der Waals surface area contributed by atoms with Crippen LogP contribution in [0.15, 0.2) is 54.6 Å². The second-order valence-electron chi connectivity index (χ2n) is 7.85. The molecule has 0 spiro atoms. The fourth-order valence-corrected chi connectivity index (χ4v) is 4.31. The molecule has 0 radical (unpaired) electrons. The minimum absolute atomic E-state index is 0.255. The van der Waals surface area contributed by atoms with E-state index in [1.54, 1.807) is 32.0 Å². The third-order valence-electron chi connectivity index (χ3n) is 5.26. The van der Waals surface area contributed by atoms with Crippen LogP contribution in [0.1, 0.15) is 31.4 Å². The Bertz CT molecular complexity index is 1010. The molecule has 0 aliphatic carbocycles. The van der Waals surface area contributed by atoms with E-state index < -0.39 is 22.0 Å². The maximum Gasteiger partial charge on any atom is 0.244 e. The number of aryl methyl sites for hydroxylation is 1. The molecular weight excluding hydrogens is 426 g/mol. The van der Waals surface area contributed by atoms with Crippen LogP contribution in [-0.4, -0.2) is 57.1 Å². The van der Waals surface area contributed by atoms with Gasteiger partial charge in [0.05, 0.1) is 11.9 Å². The first-order chi connectivity index (χ1) is 15.1. The zero-order valence-electron chi connectivity index (χ0n) is 19.2. The van der Waals surface area contributed by atoms with Crippen molar-refractivity contribution in [2.75, 3.05) is 30.2 Å². The smallest absolute Gasteiger partial charge is 0.244 e. The van der Waals surface area contributed by atoms with Gasteiger partial charge >= 0.3 is 0 Å². The molecule has 8 heteroatoms. The monoisotopic (exact) mass is 459 g/mol. The van der Waals surface area contributed by atoms with Gasteiger partial charge in [-0.15, -0.1) is 0 Å². The Morgan fingerprint density at radius 2 is 1.66 bits per heavy atom. The Labute approximate surface area is 191 Å². The summed E-state index contributed by atoms with van der Waals surface area (Å²) in [6.45, 7) is 5.87. The third-order valence-corrected chi connectivity index (χ3v) is 6.39. The number of carbonyl (C=O) groups excluding carboxylic acids is 2. The Balaban J connectivity index is 2.29. The van der Waals surface area contributed by atoms with Crippen molar-refractivity contribution in [3.05, 3.63) is 65.7 Å². The summed E-state index contributed by atoms with van der Waals surface area (Å²) in [6.07, 6.45) is 2.42. The average molecular weight is 460 g/mol. The van der Waals surface area contributed by atoms with Gasteiger partial charge < -0.3 is 10.2 Å². The normalized spacial score (nSPS) is 12.1. The molecule has 0 bridgehead atoms. The van der Waals surface area contributed by atoms with Crippen LogP contribution < -0.4 is 9.62 Å². The predicted molar refractivity (Wildman–Crippen MR) is 128 cm³/mol. The van der Waals surface area contributed by atoms with Gasteiger partial charge in [-0.1, -0.05) is 55.5 Å². The Kier molecular flexibility index (Phi) is 9.26. The maximum absolute atomic E-state index is 13.4. The Morgan fingerprint density at radius 1 is 1.03 bits per heavy atom. The molecule has 0 heterocycles. The molecule has 0 aliphatic heterocycles. The molecule has 0 saturated carbocycles. The van der Waals surface area contributed by atoms with Gasteiger partial charge in [0.15, 0.2) is 0 Å². The molecule has 2 rings (SSSR count). The fraction of sp³-hybridized carbons (Fsp3) is 0.417. The highest BCUT2D eigenvalue weighted by atomic mass is 32.2. The van der Waals surface area contributed by atoms with Crippen molar-refractivity contribution >= 4 is 27.5 Å². The van der Waals surface area contributed by atoms with Crippen molar-refractivity contribution < 1.29 is 18.0 Å². The molecule has 2 amide bonds. The summed E-state index contributed by atoms with van der Waals surface area (Å²) >= 11 is 0. The van der Waals surface area contributed by atoms with Crippen LogP contribution in [0.25, 0.3) is 0 Å². The lowest BCUT2D eigenvalue weighted by molar-refractivity contribution is -0.138. The molecule has 0 saturated heterocycles. The second-order valence-corrected chi connectivity index (χ2v) is 9.75. The first-order valence-electron chi connectivity index (χ1n) is 10.8. The van der Waals surface area contributed by atoms with E-state index in [4.69, 9.17) is 0 Å². The van der Waals surface area contributed by atoms with Gasteiger partial charge in [0, 0.05) is 13.1 Å². The van der Waals surface area contributed by atoms with Crippen LogP contribution in [-0.2, 0) is 26.0 Å². The highest BCUT2D eigenvalue weighted by Crippen LogP contribution is 2.22. The Morgan fingerprint density at radius 3 is 2.25 bits per heavy atom. The molecule has 0 aromatic heterocycles. The van der Waals surface area contributed by atoms with Crippen LogP contribution in [0.3, 0.4) is 0 Å². The molecule has 2 aromatic carbocycles. The van der Waals surface area contributed by atoms with E-state index in [-0.39, 0.29) is 12.5 Å². The zero-order chi connectivity index (χ0) is 23.7. The topological polar surface area (TPSA) is 86.8 Å². The van der Waals surface area contributed by atoms with Crippen LogP contribution in [0.4, 0.5) is 5.69 Å². The van der Waals surface area contributed by atoms with E-state index in [0.29, 0.717) is 25.2 Å². The second kappa shape index (κ2) is 11.7. The van der Waals surface area contributed by atoms with Gasteiger partial charge in [-0.3, -0.25) is 13.9 Å². The molecule has 0 unspecified atom stereocenters. The van der Waals surface area contributed by atoms with Gasteiger partial charge in [-0.05, 0) is 43.9 Å². The lowest BCUT2D eigenvalue weighted by atomic mass is 10.1. The van der Waals surface area contributed by atoms with Crippen molar-refractivity contribution in [3.8, 4) is 0 Å². The number of nitrogens with one attached hydrogen (secondary N) is 1. The van der Waals surface area contributed by atoms with Crippen molar-refractivity contribution in [1.29, 1.82) is 0 Å². The average Bonchev–Trinajstić information content (AvgIpc) is 2.76. The summed E-state index contributed by atoms with van der Waals surface area (Å²) in [7, 11) is -3.71. The highest BCUT2D eigenvalue weighted by Gasteiger charge is 2.30. The number of anilines is 1. The predicted octanol–water partition coefficient (Wildman–Crippen LogP) is 2.75. The van der Waals surface area contributed by atoms with E-state index >= 15 is 0 Å². The van der Waals surface area contributed by atoms with Gasteiger partial charge in [-0.2, -0.15) is 0 Å². The maximum atomic E-state index is 13.4. The number of para-hydroxylation sites is 1. The minimum atomic E-state index is -3.71. The van der Waals surface area contributed by atoms with E-state index in [9.17, 15) is 18.0 Å². The number of carbonyl (C=O) groups is 2. The van der Waals surface area contributed by atoms with Gasteiger partial charge in [0.1, 0.15) is 12.6 Å². The number of benzene rings is 2. The molecular formula is C24H33N3O4S. The molecule has 0 fully saturated rings. The Hall–Kier alpha value is -2.87. The number of hydrogen-bond donors (Lipinski definition) is 1. The lowest BCUT2D eigenvalue weighted by Crippen LogP contribution is -2.52. The number of hydrogen-bond acceptors (Lipinski definition) is 4. The number of nitrogens with zero attached hydrogens (tertiary/aromatic N) is 2. The van der Waals surface area contributed by atoms with Crippen molar-refractivity contribution in [3.63, 3.8) is 0 Å². The number of amides is 2. The van der Waals surface area contributed by atoms with Crippen molar-refractivity contribution in [1.82, 2.24) is 10.2 Å². The van der Waals surface area contributed by atoms with Crippen molar-refractivity contribution in [2.45, 2.75) is 39.7 Å². The molecule has 32 heavy (non-hydrogen) atoms. The first-order valence-corrected chi connectivity index (χ1v) is 12.6. The molecule has 1 atom stereocenters. The first kappa shape index (κ1) is 25.4. The molecule has 174 valence electrons. The summed E-state index contributed by atoms with van der Waals surface area (Å²) in [5.74, 6) is -0.677. The largest absolute Gasteiger partial charge is 0.354 e. The molecule has 0 aliphatic rings. The summed E-state index contributed by atoms with van der Waals surface area (Å²) in [5.41, 5.74) is 2.23. The summed E-state index contributed by atoms with van der Waals surface area (Å²) < 4.78 is 26.2. The summed E-state index contributed by atoms with van der Waals surface area (Å²) in [6, 6.07) is 16.0. The third kappa shape index (κ3) is 7.09. The quantitative estimate of drug-likeness (QED) is 0.560. The SMILES string of the molecule is CCCNC(=O)[C@H](C)N(CCc1ccccc1)C(=O)CN(c1ccccc1C)S(C)(=O)=O. The van der Waals surface area contributed by atoms with Crippen LogP contribution in [0, 0.1) is 6.92 Å². The minimum Gasteiger partial charge on any atom is -0.354 e. The van der Waals surface area contributed by atoms with Crippen molar-refractivity contribution in [2.24, 2.45) is 0 Å². The molecule has 1 N–H and O–H groups in total. The standard InChI is InChI=1S/C24H33N3O4S/c1-5-16-25-24(29)20(3)26(17-15-21-12-7-6-8-13-21)23(28)18-27(32(4,30)31)22-14-10-9-11-19(22)2/h6-14,20H,5,15-18H2,1-4H3,(H,25,29)/t20-/m0/s1. The van der Waals surface area contributed by atoms with Crippen LogP contribution >= 0.6 is 0 Å². The highest BCUT2D eigenvalue weighted by molar-refractivity contribution is 7.92. The zero-order valence-corrected chi connectivity index (χ0v) is 20.1. The summed E-state index contributed by atoms with van der Waals surface area (Å²) in [5, 5.41) is 2.83. The van der Waals surface area contributed by atoms with E-state index in [1.807, 2.05) is 43.3 Å². The van der Waals surface area contributed by atoms with Crippen LogP contribution in [0.2, 0.25) is 0 Å². The summed E-state index contributed by atoms with van der Waals surface area (Å²) in [4.78, 5) is 27.5. The fourth-order valence-electron chi connectivity index (χ4n) is 3.40. The van der Waals surface area contributed by atoms with Gasteiger partial charge in [-0.25, -0.2) is 8.42 Å².